The van der Waals surface area contributed by atoms with E-state index in [4.69, 9.17) is 22.5 Å². The smallest absolute Gasteiger partial charge is 0.0713 e. The minimum Gasteiger partial charge on any atom is -0.0818 e. The van der Waals surface area contributed by atoms with Crippen LogP contribution >= 0.6 is 29.8 Å². The molecule has 4 heteroatoms. The molecule has 0 heterocycles. The van der Waals surface area contributed by atoms with Crippen LogP contribution in [0.1, 0.15) is 0 Å². The van der Waals surface area contributed by atoms with Crippen molar-refractivity contribution >= 4 is 29.8 Å². The van der Waals surface area contributed by atoms with E-state index in [1.54, 1.807) is 0 Å². The standard InChI is InChI=1S/Cl2HP.Pd/c1-3-2;/h3H;. The molecule has 0 radical (unpaired) electrons. The molecule has 0 unspecified atom stereocenters. The van der Waals surface area contributed by atoms with Gasteiger partial charge in [-0.15, -0.1) is 0 Å². The molecule has 0 aromatic heterocycles. The van der Waals surface area contributed by atoms with E-state index in [1.807, 2.05) is 0 Å². The van der Waals surface area contributed by atoms with Gasteiger partial charge < -0.3 is 0 Å². The van der Waals surface area contributed by atoms with Crippen molar-refractivity contribution in [3.63, 3.8) is 0 Å². The topological polar surface area (TPSA) is 0 Å². The van der Waals surface area contributed by atoms with E-state index in [-0.39, 0.29) is 27.7 Å². The Bertz CT molecular complexity index is 6.00. The van der Waals surface area contributed by atoms with Crippen molar-refractivity contribution in [3.05, 3.63) is 0 Å². The first-order valence-corrected chi connectivity index (χ1v) is 3.40. The fraction of sp³-hybridized carbons (Fsp3) is 0. The maximum absolute atomic E-state index is 4.79. The van der Waals surface area contributed by atoms with Crippen LogP contribution < -0.4 is 0 Å². The van der Waals surface area contributed by atoms with Crippen LogP contribution in [0.25, 0.3) is 0 Å². The van der Waals surface area contributed by atoms with E-state index >= 15 is 0 Å². The predicted octanol–water partition coefficient (Wildman–Crippen LogP) is 1.97. The van der Waals surface area contributed by atoms with Crippen LogP contribution in [-0.2, 0) is 20.4 Å². The molecule has 0 atom stereocenters. The summed E-state index contributed by atoms with van der Waals surface area (Å²) >= 11 is 9.58. The minimum absolute atomic E-state index is 0. The van der Waals surface area contributed by atoms with Gasteiger partial charge in [-0.05, 0) is 0 Å². The maximum atomic E-state index is 4.79. The number of rotatable bonds is 0. The van der Waals surface area contributed by atoms with Crippen molar-refractivity contribution in [1.82, 2.24) is 0 Å². The van der Waals surface area contributed by atoms with Crippen molar-refractivity contribution in [1.29, 1.82) is 0 Å². The Hall–Kier alpha value is 1.67. The molecule has 0 nitrogen and oxygen atoms in total. The van der Waals surface area contributed by atoms with Crippen molar-refractivity contribution in [2.24, 2.45) is 0 Å². The van der Waals surface area contributed by atoms with E-state index in [0.717, 1.165) is 0 Å². The van der Waals surface area contributed by atoms with E-state index < -0.39 is 0 Å². The van der Waals surface area contributed by atoms with Crippen LogP contribution in [0, 0.1) is 0 Å². The molecule has 0 aliphatic carbocycles. The minimum atomic E-state index is 0. The second-order valence-electron chi connectivity index (χ2n) is 0.0714. The molecule has 0 amide bonds. The van der Waals surface area contributed by atoms with Gasteiger partial charge >= 0.3 is 0 Å². The molecular weight excluding hydrogens is 208 g/mol. The third-order valence-corrected chi connectivity index (χ3v) is 0. The molecule has 0 aromatic rings. The zero-order valence-electron chi connectivity index (χ0n) is 1.57. The summed E-state index contributed by atoms with van der Waals surface area (Å²) in [6.45, 7) is 0. The Balaban J connectivity index is 0. The molecule has 4 heavy (non-hydrogen) atoms. The molecule has 0 aromatic carbocycles. The van der Waals surface area contributed by atoms with Crippen LogP contribution in [-0.4, -0.2) is 0 Å². The van der Waals surface area contributed by atoms with Gasteiger partial charge in [-0.25, -0.2) is 0 Å². The van der Waals surface area contributed by atoms with Gasteiger partial charge in [-0.2, -0.15) is 0 Å². The summed E-state index contributed by atoms with van der Waals surface area (Å²) in [4.78, 5) is 0. The first-order chi connectivity index (χ1) is 1.41. The first kappa shape index (κ1) is 9.18. The molecule has 0 fully saturated rings. The van der Waals surface area contributed by atoms with Gasteiger partial charge in [0.1, 0.15) is 0 Å². The normalized spacial score (nSPS) is 4.50. The van der Waals surface area contributed by atoms with Gasteiger partial charge in [0.25, 0.3) is 0 Å². The molecule has 0 N–H and O–H groups in total. The van der Waals surface area contributed by atoms with E-state index in [9.17, 15) is 0 Å². The fourth-order valence-corrected chi connectivity index (χ4v) is 0. The SMILES string of the molecule is ClPCl.[Pd]. The van der Waals surface area contributed by atoms with Gasteiger partial charge in [0, 0.05) is 20.4 Å². The van der Waals surface area contributed by atoms with Crippen molar-refractivity contribution in [2.75, 3.05) is 0 Å². The fourth-order valence-electron chi connectivity index (χ4n) is 0. The third kappa shape index (κ3) is 9.38. The van der Waals surface area contributed by atoms with Crippen LogP contribution in [0.2, 0.25) is 0 Å². The largest absolute Gasteiger partial charge is 0.0818 e. The Kier molecular flexibility index (Phi) is 20.3. The summed E-state index contributed by atoms with van der Waals surface area (Å²) < 4.78 is 0. The molecule has 0 bridgehead atoms. The first-order valence-electron chi connectivity index (χ1n) is 0.378. The quantitative estimate of drug-likeness (QED) is 0.423. The van der Waals surface area contributed by atoms with Gasteiger partial charge in [-0.1, -0.05) is 22.5 Å². The molecule has 30 valence electrons. The summed E-state index contributed by atoms with van der Waals surface area (Å²) in [6.07, 6.45) is 0. The molecule has 0 saturated heterocycles. The molecule has 0 aliphatic rings. The zero-order valence-corrected chi connectivity index (χ0v) is 5.64. The molecule has 0 saturated carbocycles. The van der Waals surface area contributed by atoms with E-state index in [1.165, 1.54) is 0 Å². The van der Waals surface area contributed by atoms with Gasteiger partial charge in [0.05, 0.1) is 7.29 Å². The average molecular weight is 209 g/mol. The summed E-state index contributed by atoms with van der Waals surface area (Å²) in [5.74, 6) is 0. The van der Waals surface area contributed by atoms with Gasteiger partial charge in [-0.3, -0.25) is 0 Å². The Morgan fingerprint density at radius 1 is 1.25 bits per heavy atom. The number of hydrogen-bond acceptors (Lipinski definition) is 0. The summed E-state index contributed by atoms with van der Waals surface area (Å²) in [7, 11) is 0.0278. The molecule has 0 spiro atoms. The van der Waals surface area contributed by atoms with E-state index in [2.05, 4.69) is 0 Å². The summed E-state index contributed by atoms with van der Waals surface area (Å²) in [6, 6.07) is 0. The van der Waals surface area contributed by atoms with Crippen LogP contribution in [0.15, 0.2) is 0 Å². The summed E-state index contributed by atoms with van der Waals surface area (Å²) in [5.41, 5.74) is 0. The third-order valence-electron chi connectivity index (χ3n) is 0. The van der Waals surface area contributed by atoms with Crippen LogP contribution in [0.3, 0.4) is 0 Å². The van der Waals surface area contributed by atoms with Crippen LogP contribution in [0.4, 0.5) is 0 Å². The average Bonchev–Trinajstić information content (AvgIpc) is 0.918. The second kappa shape index (κ2) is 8.82. The van der Waals surface area contributed by atoms with Crippen LogP contribution in [0.5, 0.6) is 0 Å². The molecular formula is HCl2PPd. The Morgan fingerprint density at radius 2 is 1.25 bits per heavy atom. The van der Waals surface area contributed by atoms with Crippen molar-refractivity contribution in [3.8, 4) is 0 Å². The number of hydrogen-bond donors (Lipinski definition) is 0. The Morgan fingerprint density at radius 3 is 1.25 bits per heavy atom. The number of halogens is 2. The Labute approximate surface area is 50.3 Å². The summed E-state index contributed by atoms with van der Waals surface area (Å²) in [5, 5.41) is 0. The van der Waals surface area contributed by atoms with Gasteiger partial charge in [0.2, 0.25) is 0 Å². The maximum Gasteiger partial charge on any atom is 0.0713 e. The monoisotopic (exact) mass is 208 g/mol. The predicted molar refractivity (Wildman–Crippen MR) is 20.0 cm³/mol. The zero-order chi connectivity index (χ0) is 2.71. The molecule has 0 rings (SSSR count). The van der Waals surface area contributed by atoms with Crippen molar-refractivity contribution in [2.45, 2.75) is 0 Å². The van der Waals surface area contributed by atoms with Gasteiger partial charge in [0.15, 0.2) is 0 Å². The van der Waals surface area contributed by atoms with Crippen molar-refractivity contribution < 1.29 is 20.4 Å². The van der Waals surface area contributed by atoms with E-state index in [0.29, 0.717) is 0 Å². The second-order valence-corrected chi connectivity index (χ2v) is 1.93. The molecule has 0 aliphatic heterocycles.